The topological polar surface area (TPSA) is 56.7 Å². The van der Waals surface area contributed by atoms with Crippen molar-refractivity contribution in [2.75, 3.05) is 5.75 Å². The van der Waals surface area contributed by atoms with E-state index >= 15 is 0 Å². The van der Waals surface area contributed by atoms with Crippen molar-refractivity contribution in [3.63, 3.8) is 0 Å². The molecule has 0 aromatic carbocycles. The van der Waals surface area contributed by atoms with Crippen molar-refractivity contribution in [2.45, 2.75) is 32.1 Å². The average molecular weight is 247 g/mol. The molecular formula is C9H15ClN4S. The van der Waals surface area contributed by atoms with Crippen LogP contribution < -0.4 is 5.73 Å². The molecule has 0 aliphatic rings. The summed E-state index contributed by atoms with van der Waals surface area (Å²) in [5.41, 5.74) is 8.26. The zero-order chi connectivity index (χ0) is 11.3. The van der Waals surface area contributed by atoms with Crippen LogP contribution in [0.15, 0.2) is 16.3 Å². The Morgan fingerprint density at radius 1 is 1.60 bits per heavy atom. The Balaban J connectivity index is 2.72. The molecule has 1 rings (SSSR count). The third-order valence-corrected chi connectivity index (χ3v) is 3.44. The van der Waals surface area contributed by atoms with Gasteiger partial charge < -0.3 is 10.3 Å². The van der Waals surface area contributed by atoms with Gasteiger partial charge in [-0.15, -0.1) is 10.2 Å². The molecule has 15 heavy (non-hydrogen) atoms. The number of halogens is 1. The normalized spacial score (nSPS) is 12.1. The number of rotatable bonds is 5. The van der Waals surface area contributed by atoms with Crippen LogP contribution in [0.2, 0.25) is 0 Å². The van der Waals surface area contributed by atoms with Crippen molar-refractivity contribution in [3.8, 4) is 0 Å². The van der Waals surface area contributed by atoms with Crippen LogP contribution in [0, 0.1) is 0 Å². The second kappa shape index (κ2) is 6.15. The lowest BCUT2D eigenvalue weighted by atomic mass is 10.4. The summed E-state index contributed by atoms with van der Waals surface area (Å²) >= 11 is 7.21. The molecule has 0 bridgehead atoms. The summed E-state index contributed by atoms with van der Waals surface area (Å²) in [4.78, 5) is 0. The third kappa shape index (κ3) is 3.22. The first-order valence-electron chi connectivity index (χ1n) is 4.73. The summed E-state index contributed by atoms with van der Waals surface area (Å²) in [5.74, 6) is 1.65. The predicted octanol–water partition coefficient (Wildman–Crippen LogP) is 1.99. The number of thioether (sulfide) groups is 1. The van der Waals surface area contributed by atoms with Crippen LogP contribution in [0.3, 0.4) is 0 Å². The predicted molar refractivity (Wildman–Crippen MR) is 63.9 cm³/mol. The van der Waals surface area contributed by atoms with E-state index in [1.165, 1.54) is 0 Å². The summed E-state index contributed by atoms with van der Waals surface area (Å²) in [7, 11) is 0. The van der Waals surface area contributed by atoms with Crippen molar-refractivity contribution < 1.29 is 0 Å². The minimum absolute atomic E-state index is 0.422. The first-order valence-corrected chi connectivity index (χ1v) is 6.15. The molecule has 6 heteroatoms. The standard InChI is InChI=1S/C9H15ClN4S/c1-3-14-8(5-11)12-13-9(14)15-6-7(2)4-10/h4H,3,5-6,11H2,1-2H3. The van der Waals surface area contributed by atoms with E-state index in [-0.39, 0.29) is 0 Å². The van der Waals surface area contributed by atoms with Gasteiger partial charge in [0.1, 0.15) is 5.82 Å². The molecule has 84 valence electrons. The Morgan fingerprint density at radius 3 is 2.87 bits per heavy atom. The van der Waals surface area contributed by atoms with Gasteiger partial charge in [0.2, 0.25) is 0 Å². The van der Waals surface area contributed by atoms with Gasteiger partial charge in [-0.2, -0.15) is 0 Å². The van der Waals surface area contributed by atoms with Crippen LogP contribution >= 0.6 is 23.4 Å². The van der Waals surface area contributed by atoms with E-state index in [1.807, 2.05) is 11.5 Å². The highest BCUT2D eigenvalue weighted by Gasteiger charge is 2.09. The van der Waals surface area contributed by atoms with E-state index in [0.717, 1.165) is 28.9 Å². The van der Waals surface area contributed by atoms with E-state index in [0.29, 0.717) is 6.54 Å². The lowest BCUT2D eigenvalue weighted by Crippen LogP contribution is -2.08. The molecule has 0 spiro atoms. The van der Waals surface area contributed by atoms with Crippen molar-refractivity contribution >= 4 is 23.4 Å². The van der Waals surface area contributed by atoms with E-state index in [2.05, 4.69) is 17.1 Å². The van der Waals surface area contributed by atoms with Gasteiger partial charge in [0, 0.05) is 17.8 Å². The van der Waals surface area contributed by atoms with Crippen molar-refractivity contribution in [3.05, 3.63) is 16.9 Å². The fourth-order valence-corrected chi connectivity index (χ4v) is 2.20. The van der Waals surface area contributed by atoms with Gasteiger partial charge >= 0.3 is 0 Å². The van der Waals surface area contributed by atoms with Crippen molar-refractivity contribution in [2.24, 2.45) is 5.73 Å². The molecule has 1 aromatic rings. The average Bonchev–Trinajstić information content (AvgIpc) is 2.67. The Morgan fingerprint density at radius 2 is 2.33 bits per heavy atom. The second-order valence-corrected chi connectivity index (χ2v) is 4.25. The van der Waals surface area contributed by atoms with Crippen LogP contribution in [0.5, 0.6) is 0 Å². The third-order valence-electron chi connectivity index (χ3n) is 1.91. The van der Waals surface area contributed by atoms with Gasteiger partial charge in [-0.05, 0) is 13.8 Å². The number of hydrogen-bond acceptors (Lipinski definition) is 4. The molecule has 4 nitrogen and oxygen atoms in total. The summed E-state index contributed by atoms with van der Waals surface area (Å²) in [6, 6.07) is 0. The molecule has 0 unspecified atom stereocenters. The maximum atomic E-state index is 5.59. The number of hydrogen-bond donors (Lipinski definition) is 1. The molecule has 0 fully saturated rings. The monoisotopic (exact) mass is 246 g/mol. The summed E-state index contributed by atoms with van der Waals surface area (Å²) < 4.78 is 2.02. The minimum atomic E-state index is 0.422. The van der Waals surface area contributed by atoms with Gasteiger partial charge in [-0.1, -0.05) is 28.9 Å². The Hall–Kier alpha value is -0.520. The highest BCUT2D eigenvalue weighted by molar-refractivity contribution is 7.99. The number of nitrogens with two attached hydrogens (primary N) is 1. The van der Waals surface area contributed by atoms with Crippen molar-refractivity contribution in [1.29, 1.82) is 0 Å². The summed E-state index contributed by atoms with van der Waals surface area (Å²) in [6.45, 7) is 5.30. The number of aromatic nitrogens is 3. The molecule has 1 heterocycles. The van der Waals surface area contributed by atoms with Crippen LogP contribution in [0.25, 0.3) is 0 Å². The largest absolute Gasteiger partial charge is 0.324 e. The van der Waals surface area contributed by atoms with Gasteiger partial charge in [0.05, 0.1) is 6.54 Å². The van der Waals surface area contributed by atoms with Crippen LogP contribution in [-0.2, 0) is 13.1 Å². The minimum Gasteiger partial charge on any atom is -0.324 e. The maximum absolute atomic E-state index is 5.59. The molecular weight excluding hydrogens is 232 g/mol. The highest BCUT2D eigenvalue weighted by atomic mass is 35.5. The lowest BCUT2D eigenvalue weighted by Gasteiger charge is -2.05. The molecule has 0 aliphatic carbocycles. The van der Waals surface area contributed by atoms with Gasteiger partial charge in [-0.25, -0.2) is 0 Å². The number of nitrogens with zero attached hydrogens (tertiary/aromatic N) is 3. The second-order valence-electron chi connectivity index (χ2n) is 3.09. The summed E-state index contributed by atoms with van der Waals surface area (Å²) in [5, 5.41) is 9.01. The van der Waals surface area contributed by atoms with Crippen LogP contribution in [-0.4, -0.2) is 20.5 Å². The first-order chi connectivity index (χ1) is 7.22. The van der Waals surface area contributed by atoms with Gasteiger partial charge in [0.25, 0.3) is 0 Å². The molecule has 1 aromatic heterocycles. The Kier molecular flexibility index (Phi) is 5.14. The van der Waals surface area contributed by atoms with E-state index in [1.54, 1.807) is 17.3 Å². The molecule has 0 radical (unpaired) electrons. The zero-order valence-corrected chi connectivity index (χ0v) is 10.5. The fourth-order valence-electron chi connectivity index (χ4n) is 1.10. The molecule has 2 N–H and O–H groups in total. The SMILES string of the molecule is CCn1c(CN)nnc1SCC(C)=CCl. The summed E-state index contributed by atoms with van der Waals surface area (Å²) in [6.07, 6.45) is 0. The molecule has 0 saturated carbocycles. The van der Waals surface area contributed by atoms with Gasteiger partial charge in [0.15, 0.2) is 5.16 Å². The first kappa shape index (κ1) is 12.5. The molecule has 0 saturated heterocycles. The van der Waals surface area contributed by atoms with E-state index in [4.69, 9.17) is 17.3 Å². The van der Waals surface area contributed by atoms with E-state index in [9.17, 15) is 0 Å². The smallest absolute Gasteiger partial charge is 0.191 e. The van der Waals surface area contributed by atoms with Crippen LogP contribution in [0.1, 0.15) is 19.7 Å². The molecule has 0 aliphatic heterocycles. The zero-order valence-electron chi connectivity index (χ0n) is 8.90. The maximum Gasteiger partial charge on any atom is 0.191 e. The van der Waals surface area contributed by atoms with E-state index < -0.39 is 0 Å². The highest BCUT2D eigenvalue weighted by Crippen LogP contribution is 2.19. The molecule has 0 atom stereocenters. The van der Waals surface area contributed by atoms with Crippen LogP contribution in [0.4, 0.5) is 0 Å². The van der Waals surface area contributed by atoms with Crippen molar-refractivity contribution in [1.82, 2.24) is 14.8 Å². The quantitative estimate of drug-likeness (QED) is 0.808. The van der Waals surface area contributed by atoms with Gasteiger partial charge in [-0.3, -0.25) is 0 Å². The Bertz CT molecular complexity index is 348. The Labute approximate surface area is 98.9 Å². The lowest BCUT2D eigenvalue weighted by molar-refractivity contribution is 0.643. The molecule has 0 amide bonds. The fraction of sp³-hybridized carbons (Fsp3) is 0.556.